The van der Waals surface area contributed by atoms with Crippen LogP contribution in [0.5, 0.6) is 0 Å². The standard InChI is InChI=1S/C21H29N3O3/c1-14(2)16-7-9-17(10-8-16)21(4)19(26)24(20(27)22-21)13-18(25)23-11-5-6-15(3)12-23/h7-10,14-15H,5-6,11-13H2,1-4H3,(H,22,27)/t15-,21+/m0/s1. The highest BCUT2D eigenvalue weighted by atomic mass is 16.2. The summed E-state index contributed by atoms with van der Waals surface area (Å²) in [4.78, 5) is 40.9. The van der Waals surface area contributed by atoms with E-state index in [-0.39, 0.29) is 18.4 Å². The molecule has 0 unspecified atom stereocenters. The van der Waals surface area contributed by atoms with E-state index in [9.17, 15) is 14.4 Å². The Hall–Kier alpha value is -2.37. The first-order chi connectivity index (χ1) is 12.7. The number of amides is 4. The number of hydrogen-bond donors (Lipinski definition) is 1. The van der Waals surface area contributed by atoms with Gasteiger partial charge in [0, 0.05) is 13.1 Å². The van der Waals surface area contributed by atoms with Crippen molar-refractivity contribution in [3.05, 3.63) is 35.4 Å². The zero-order valence-electron chi connectivity index (χ0n) is 16.6. The maximum Gasteiger partial charge on any atom is 0.325 e. The Morgan fingerprint density at radius 3 is 2.52 bits per heavy atom. The van der Waals surface area contributed by atoms with E-state index >= 15 is 0 Å². The number of benzene rings is 1. The minimum absolute atomic E-state index is 0.163. The van der Waals surface area contributed by atoms with Crippen molar-refractivity contribution in [3.63, 3.8) is 0 Å². The third-order valence-corrected chi connectivity index (χ3v) is 5.73. The third-order valence-electron chi connectivity index (χ3n) is 5.73. The summed E-state index contributed by atoms with van der Waals surface area (Å²) in [6.07, 6.45) is 2.07. The predicted octanol–water partition coefficient (Wildman–Crippen LogP) is 2.84. The molecule has 2 aliphatic heterocycles. The quantitative estimate of drug-likeness (QED) is 0.828. The fraction of sp³-hybridized carbons (Fsp3) is 0.571. The van der Waals surface area contributed by atoms with E-state index in [1.807, 2.05) is 24.3 Å². The molecule has 146 valence electrons. The molecule has 0 radical (unpaired) electrons. The molecule has 2 fully saturated rings. The predicted molar refractivity (Wildman–Crippen MR) is 103 cm³/mol. The van der Waals surface area contributed by atoms with Crippen LogP contribution in [0.3, 0.4) is 0 Å². The van der Waals surface area contributed by atoms with Crippen molar-refractivity contribution in [2.45, 2.75) is 52.0 Å². The van der Waals surface area contributed by atoms with Gasteiger partial charge >= 0.3 is 6.03 Å². The van der Waals surface area contributed by atoms with Crippen molar-refractivity contribution < 1.29 is 14.4 Å². The third kappa shape index (κ3) is 3.70. The van der Waals surface area contributed by atoms with Crippen LogP contribution in [0.15, 0.2) is 24.3 Å². The Kier molecular flexibility index (Phi) is 5.27. The largest absolute Gasteiger partial charge is 0.341 e. The van der Waals surface area contributed by atoms with Gasteiger partial charge < -0.3 is 10.2 Å². The molecule has 1 N–H and O–H groups in total. The Labute approximate surface area is 160 Å². The van der Waals surface area contributed by atoms with Crippen molar-refractivity contribution >= 4 is 17.8 Å². The number of rotatable bonds is 4. The molecule has 2 atom stereocenters. The molecule has 2 heterocycles. The lowest BCUT2D eigenvalue weighted by Gasteiger charge is -2.31. The number of carbonyl (C=O) groups is 3. The Morgan fingerprint density at radius 1 is 1.26 bits per heavy atom. The monoisotopic (exact) mass is 371 g/mol. The molecule has 1 aromatic rings. The lowest BCUT2D eigenvalue weighted by molar-refractivity contribution is -0.139. The molecule has 0 aliphatic carbocycles. The fourth-order valence-electron chi connectivity index (χ4n) is 3.89. The SMILES string of the molecule is CC(C)c1ccc([C@@]2(C)NC(=O)N(CC(=O)N3CCC[C@H](C)C3)C2=O)cc1. The van der Waals surface area contributed by atoms with E-state index < -0.39 is 11.6 Å². The molecule has 0 saturated carbocycles. The summed E-state index contributed by atoms with van der Waals surface area (Å²) in [5.41, 5.74) is 0.763. The van der Waals surface area contributed by atoms with Crippen LogP contribution in [-0.2, 0) is 15.1 Å². The summed E-state index contributed by atoms with van der Waals surface area (Å²) in [5.74, 6) is 0.310. The first kappa shape index (κ1) is 19.4. The second-order valence-electron chi connectivity index (χ2n) is 8.31. The highest BCUT2D eigenvalue weighted by Crippen LogP contribution is 2.30. The van der Waals surface area contributed by atoms with Gasteiger partial charge in [-0.15, -0.1) is 0 Å². The summed E-state index contributed by atoms with van der Waals surface area (Å²) in [6, 6.07) is 7.21. The summed E-state index contributed by atoms with van der Waals surface area (Å²) in [7, 11) is 0. The van der Waals surface area contributed by atoms with Gasteiger partial charge in [0.05, 0.1) is 0 Å². The second-order valence-corrected chi connectivity index (χ2v) is 8.31. The van der Waals surface area contributed by atoms with Gasteiger partial charge in [0.2, 0.25) is 5.91 Å². The second kappa shape index (κ2) is 7.33. The zero-order chi connectivity index (χ0) is 19.8. The van der Waals surface area contributed by atoms with E-state index in [1.165, 1.54) is 5.56 Å². The molecule has 0 spiro atoms. The van der Waals surface area contributed by atoms with Gasteiger partial charge in [-0.1, -0.05) is 45.0 Å². The topological polar surface area (TPSA) is 69.7 Å². The highest BCUT2D eigenvalue weighted by Gasteiger charge is 2.49. The van der Waals surface area contributed by atoms with Crippen LogP contribution in [0.1, 0.15) is 57.6 Å². The number of likely N-dealkylation sites (tertiary alicyclic amines) is 1. The Balaban J connectivity index is 1.74. The van der Waals surface area contributed by atoms with E-state index in [4.69, 9.17) is 0 Å². The Morgan fingerprint density at radius 2 is 1.93 bits per heavy atom. The smallest absolute Gasteiger partial charge is 0.325 e. The highest BCUT2D eigenvalue weighted by molar-refractivity contribution is 6.09. The van der Waals surface area contributed by atoms with Crippen LogP contribution in [0, 0.1) is 5.92 Å². The molecule has 27 heavy (non-hydrogen) atoms. The number of piperidine rings is 1. The van der Waals surface area contributed by atoms with Crippen molar-refractivity contribution in [2.24, 2.45) is 5.92 Å². The molecule has 4 amide bonds. The van der Waals surface area contributed by atoms with Crippen LogP contribution in [0.2, 0.25) is 0 Å². The lowest BCUT2D eigenvalue weighted by atomic mass is 9.90. The minimum Gasteiger partial charge on any atom is -0.341 e. The fourth-order valence-corrected chi connectivity index (χ4v) is 3.89. The van der Waals surface area contributed by atoms with Gasteiger partial charge in [0.1, 0.15) is 12.1 Å². The number of nitrogens with one attached hydrogen (secondary N) is 1. The first-order valence-electron chi connectivity index (χ1n) is 9.74. The van der Waals surface area contributed by atoms with Gasteiger partial charge in [-0.2, -0.15) is 0 Å². The van der Waals surface area contributed by atoms with Crippen molar-refractivity contribution in [2.75, 3.05) is 19.6 Å². The van der Waals surface area contributed by atoms with Crippen LogP contribution < -0.4 is 5.32 Å². The summed E-state index contributed by atoms with van der Waals surface area (Å²) < 4.78 is 0. The van der Waals surface area contributed by atoms with E-state index in [0.29, 0.717) is 24.9 Å². The molecule has 2 aliphatic rings. The number of imide groups is 1. The van der Waals surface area contributed by atoms with Crippen LogP contribution in [-0.4, -0.2) is 47.3 Å². The van der Waals surface area contributed by atoms with Crippen molar-refractivity contribution in [3.8, 4) is 0 Å². The zero-order valence-corrected chi connectivity index (χ0v) is 16.6. The molecule has 2 saturated heterocycles. The van der Waals surface area contributed by atoms with Crippen LogP contribution in [0.25, 0.3) is 0 Å². The molecule has 3 rings (SSSR count). The maximum absolute atomic E-state index is 13.0. The Bertz CT molecular complexity index is 744. The minimum atomic E-state index is -1.14. The average Bonchev–Trinajstić information content (AvgIpc) is 2.86. The van der Waals surface area contributed by atoms with Crippen LogP contribution in [0.4, 0.5) is 4.79 Å². The summed E-state index contributed by atoms with van der Waals surface area (Å²) >= 11 is 0. The van der Waals surface area contributed by atoms with Gasteiger partial charge in [-0.3, -0.25) is 14.5 Å². The molecule has 0 bridgehead atoms. The molecular weight excluding hydrogens is 342 g/mol. The first-order valence-corrected chi connectivity index (χ1v) is 9.74. The van der Waals surface area contributed by atoms with E-state index in [2.05, 4.69) is 26.1 Å². The van der Waals surface area contributed by atoms with Crippen LogP contribution >= 0.6 is 0 Å². The lowest BCUT2D eigenvalue weighted by Crippen LogP contribution is -2.47. The molecule has 1 aromatic carbocycles. The maximum atomic E-state index is 13.0. The van der Waals surface area contributed by atoms with Crippen molar-refractivity contribution in [1.29, 1.82) is 0 Å². The number of nitrogens with zero attached hydrogens (tertiary/aromatic N) is 2. The molecule has 6 heteroatoms. The number of hydrogen-bond acceptors (Lipinski definition) is 3. The van der Waals surface area contributed by atoms with Gasteiger partial charge in [-0.05, 0) is 42.7 Å². The van der Waals surface area contributed by atoms with Crippen molar-refractivity contribution in [1.82, 2.24) is 15.1 Å². The molecular formula is C21H29N3O3. The summed E-state index contributed by atoms with van der Waals surface area (Å²) in [6.45, 7) is 9.21. The molecule has 6 nitrogen and oxygen atoms in total. The number of carbonyl (C=O) groups excluding carboxylic acids is 3. The van der Waals surface area contributed by atoms with Gasteiger partial charge in [0.25, 0.3) is 5.91 Å². The number of urea groups is 1. The van der Waals surface area contributed by atoms with Gasteiger partial charge in [0.15, 0.2) is 0 Å². The normalized spacial score (nSPS) is 25.9. The van der Waals surface area contributed by atoms with Gasteiger partial charge in [-0.25, -0.2) is 4.79 Å². The van der Waals surface area contributed by atoms with E-state index in [0.717, 1.165) is 23.3 Å². The molecule has 0 aromatic heterocycles. The van der Waals surface area contributed by atoms with E-state index in [1.54, 1.807) is 11.8 Å². The average molecular weight is 371 g/mol. The summed E-state index contributed by atoms with van der Waals surface area (Å²) in [5, 5.41) is 2.78.